The normalized spacial score (nSPS) is 15.5. The molecule has 0 unspecified atom stereocenters. The second-order valence-electron chi connectivity index (χ2n) is 9.96. The number of hydrogen-bond donors (Lipinski definition) is 2. The summed E-state index contributed by atoms with van der Waals surface area (Å²) < 4.78 is 10.5. The maximum absolute atomic E-state index is 13.6. The molecule has 2 amide bonds. The number of amidine groups is 1. The van der Waals surface area contributed by atoms with Crippen LogP contribution in [0.3, 0.4) is 0 Å². The molecule has 1 saturated heterocycles. The first-order chi connectivity index (χ1) is 19.0. The van der Waals surface area contributed by atoms with Crippen molar-refractivity contribution in [1.82, 2.24) is 4.90 Å². The van der Waals surface area contributed by atoms with Gasteiger partial charge >= 0.3 is 6.09 Å². The first kappa shape index (κ1) is 28.6. The number of para-hydroxylation sites is 1. The predicted octanol–water partition coefficient (Wildman–Crippen LogP) is 6.50. The number of ether oxygens (including phenoxy) is 2. The average Bonchev–Trinajstić information content (AvgIpc) is 3.22. The lowest BCUT2D eigenvalue weighted by molar-refractivity contribution is -0.113. The number of phenolic OH excluding ortho intramolecular Hbond substituents is 1. The van der Waals surface area contributed by atoms with Gasteiger partial charge in [0.25, 0.3) is 5.91 Å². The topological polar surface area (TPSA) is 112 Å². The van der Waals surface area contributed by atoms with E-state index in [9.17, 15) is 19.8 Å². The lowest BCUT2D eigenvalue weighted by atomic mass is 10.1. The van der Waals surface area contributed by atoms with E-state index in [1.165, 1.54) is 30.9 Å². The highest BCUT2D eigenvalue weighted by molar-refractivity contribution is 8.19. The molecule has 0 aromatic heterocycles. The van der Waals surface area contributed by atoms with Crippen molar-refractivity contribution in [3.63, 3.8) is 0 Å². The fraction of sp³-hybridized carbons (Fsp3) is 0.233. The molecule has 3 aromatic carbocycles. The molecule has 1 fully saturated rings. The average molecular weight is 562 g/mol. The van der Waals surface area contributed by atoms with E-state index in [0.717, 1.165) is 5.56 Å². The number of nitrogens with zero attached hydrogens (tertiary/aromatic N) is 3. The van der Waals surface area contributed by atoms with Crippen molar-refractivity contribution in [3.05, 3.63) is 82.8 Å². The Morgan fingerprint density at radius 2 is 1.62 bits per heavy atom. The number of carbonyl (C=O) groups is 2. The standard InChI is InChI=1S/C30H31N3O6S/c1-30(2,3)32(29(36)37)18-19-11-13-21(14-12-19)31-28-33(22-9-7-6-8-10-22)27(35)25(40-28)17-20-15-23(38-4)26(34)24(16-20)39-5/h6-17,34H,18H2,1-5H3,(H,36,37)/b25-17-,31-28-. The monoisotopic (exact) mass is 561 g/mol. The zero-order valence-corrected chi connectivity index (χ0v) is 23.7. The number of rotatable bonds is 7. The van der Waals surface area contributed by atoms with E-state index < -0.39 is 11.6 Å². The van der Waals surface area contributed by atoms with E-state index in [1.54, 1.807) is 35.2 Å². The van der Waals surface area contributed by atoms with Gasteiger partial charge in [0.2, 0.25) is 5.75 Å². The first-order valence-corrected chi connectivity index (χ1v) is 13.3. The van der Waals surface area contributed by atoms with Crippen LogP contribution < -0.4 is 14.4 Å². The minimum atomic E-state index is -0.987. The van der Waals surface area contributed by atoms with Gasteiger partial charge in [-0.2, -0.15) is 0 Å². The van der Waals surface area contributed by atoms with Gasteiger partial charge < -0.3 is 19.7 Å². The zero-order valence-electron chi connectivity index (χ0n) is 22.9. The number of aliphatic imine (C=N–C) groups is 1. The number of aromatic hydroxyl groups is 1. The summed E-state index contributed by atoms with van der Waals surface area (Å²) in [4.78, 5) is 33.5. The molecule has 10 heteroatoms. The van der Waals surface area contributed by atoms with Crippen molar-refractivity contribution in [1.29, 1.82) is 0 Å². The fourth-order valence-electron chi connectivity index (χ4n) is 4.06. The quantitative estimate of drug-likeness (QED) is 0.317. The molecule has 0 atom stereocenters. The highest BCUT2D eigenvalue weighted by Gasteiger charge is 2.35. The van der Waals surface area contributed by atoms with E-state index in [2.05, 4.69) is 0 Å². The number of methoxy groups -OCH3 is 2. The number of anilines is 1. The van der Waals surface area contributed by atoms with E-state index in [0.29, 0.717) is 27.0 Å². The van der Waals surface area contributed by atoms with Crippen LogP contribution in [0, 0.1) is 0 Å². The van der Waals surface area contributed by atoms with Gasteiger partial charge in [0.15, 0.2) is 16.7 Å². The molecule has 208 valence electrons. The van der Waals surface area contributed by atoms with Crippen LogP contribution in [-0.2, 0) is 11.3 Å². The largest absolute Gasteiger partial charge is 0.502 e. The maximum Gasteiger partial charge on any atom is 0.408 e. The highest BCUT2D eigenvalue weighted by atomic mass is 32.2. The van der Waals surface area contributed by atoms with Gasteiger partial charge in [0.05, 0.1) is 30.5 Å². The first-order valence-electron chi connectivity index (χ1n) is 12.4. The summed E-state index contributed by atoms with van der Waals surface area (Å²) in [6, 6.07) is 19.8. The maximum atomic E-state index is 13.6. The van der Waals surface area contributed by atoms with Crippen LogP contribution in [0.2, 0.25) is 0 Å². The second kappa shape index (κ2) is 11.7. The van der Waals surface area contributed by atoms with Crippen LogP contribution in [0.15, 0.2) is 76.6 Å². The van der Waals surface area contributed by atoms with Crippen molar-refractivity contribution in [3.8, 4) is 17.2 Å². The molecule has 1 heterocycles. The van der Waals surface area contributed by atoms with Crippen molar-refractivity contribution in [2.75, 3.05) is 19.1 Å². The third-order valence-corrected chi connectivity index (χ3v) is 7.13. The lowest BCUT2D eigenvalue weighted by Gasteiger charge is -2.33. The Hall–Kier alpha value is -4.44. The molecular formula is C30H31N3O6S. The molecule has 0 radical (unpaired) electrons. The SMILES string of the molecule is COc1cc(/C=C2\S/C(=N\c3ccc(CN(C(=O)O)C(C)(C)C)cc3)N(c3ccccc3)C2=O)cc(OC)c1O. The minimum Gasteiger partial charge on any atom is -0.502 e. The van der Waals surface area contributed by atoms with Gasteiger partial charge in [-0.05, 0) is 86.1 Å². The van der Waals surface area contributed by atoms with Crippen molar-refractivity contribution >= 4 is 46.4 Å². The number of benzene rings is 3. The van der Waals surface area contributed by atoms with E-state index in [-0.39, 0.29) is 29.7 Å². The van der Waals surface area contributed by atoms with Gasteiger partial charge in [-0.3, -0.25) is 14.6 Å². The molecule has 3 aromatic rings. The molecule has 4 rings (SSSR count). The van der Waals surface area contributed by atoms with Crippen LogP contribution >= 0.6 is 11.8 Å². The van der Waals surface area contributed by atoms with Crippen LogP contribution in [0.1, 0.15) is 31.9 Å². The minimum absolute atomic E-state index is 0.122. The number of carboxylic acid groups (broad SMARTS) is 1. The molecular weight excluding hydrogens is 530 g/mol. The summed E-state index contributed by atoms with van der Waals surface area (Å²) in [7, 11) is 2.88. The Morgan fingerprint density at radius 3 is 2.15 bits per heavy atom. The summed E-state index contributed by atoms with van der Waals surface area (Å²) >= 11 is 1.22. The molecule has 2 N–H and O–H groups in total. The fourth-order valence-corrected chi connectivity index (χ4v) is 5.06. The van der Waals surface area contributed by atoms with Gasteiger partial charge in [0.1, 0.15) is 0 Å². The van der Waals surface area contributed by atoms with Crippen LogP contribution in [0.5, 0.6) is 17.2 Å². The Morgan fingerprint density at radius 1 is 1.02 bits per heavy atom. The summed E-state index contributed by atoms with van der Waals surface area (Å²) in [5, 5.41) is 20.3. The van der Waals surface area contributed by atoms with Gasteiger partial charge in [-0.1, -0.05) is 30.3 Å². The van der Waals surface area contributed by atoms with E-state index in [4.69, 9.17) is 14.5 Å². The number of hydrogen-bond acceptors (Lipinski definition) is 7. The van der Waals surface area contributed by atoms with E-state index in [1.807, 2.05) is 63.2 Å². The molecule has 1 aliphatic heterocycles. The third kappa shape index (κ3) is 6.23. The molecule has 0 spiro atoms. The summed E-state index contributed by atoms with van der Waals surface area (Å²) in [5.41, 5.74) is 2.18. The van der Waals surface area contributed by atoms with Crippen molar-refractivity contribution in [2.45, 2.75) is 32.9 Å². The molecule has 40 heavy (non-hydrogen) atoms. The zero-order chi connectivity index (χ0) is 29.0. The number of phenols is 1. The highest BCUT2D eigenvalue weighted by Crippen LogP contribution is 2.41. The third-order valence-electron chi connectivity index (χ3n) is 6.16. The van der Waals surface area contributed by atoms with Crippen molar-refractivity contribution < 1.29 is 29.3 Å². The van der Waals surface area contributed by atoms with Gasteiger partial charge in [0, 0.05) is 12.1 Å². The number of carbonyl (C=O) groups excluding carboxylic acids is 1. The Bertz CT molecular complexity index is 1440. The second-order valence-corrected chi connectivity index (χ2v) is 11.0. The summed E-state index contributed by atoms with van der Waals surface area (Å²) in [6.45, 7) is 5.79. The number of thioether (sulfide) groups is 1. The van der Waals surface area contributed by atoms with Crippen LogP contribution in [-0.4, -0.2) is 52.0 Å². The van der Waals surface area contributed by atoms with Gasteiger partial charge in [-0.25, -0.2) is 9.79 Å². The van der Waals surface area contributed by atoms with E-state index >= 15 is 0 Å². The van der Waals surface area contributed by atoms with Crippen molar-refractivity contribution in [2.24, 2.45) is 4.99 Å². The molecule has 9 nitrogen and oxygen atoms in total. The molecule has 1 aliphatic rings. The Labute approximate surface area is 237 Å². The molecule has 0 saturated carbocycles. The summed E-state index contributed by atoms with van der Waals surface area (Å²) in [5.74, 6) is 0.0786. The Balaban J connectivity index is 1.69. The summed E-state index contributed by atoms with van der Waals surface area (Å²) in [6.07, 6.45) is 0.714. The Kier molecular flexibility index (Phi) is 8.39. The lowest BCUT2D eigenvalue weighted by Crippen LogP contribution is -2.44. The van der Waals surface area contributed by atoms with Crippen LogP contribution in [0.4, 0.5) is 16.2 Å². The molecule has 0 aliphatic carbocycles. The smallest absolute Gasteiger partial charge is 0.408 e. The van der Waals surface area contributed by atoms with Gasteiger partial charge in [-0.15, -0.1) is 0 Å². The predicted molar refractivity (Wildman–Crippen MR) is 158 cm³/mol. The van der Waals surface area contributed by atoms with Crippen LogP contribution in [0.25, 0.3) is 6.08 Å². The number of amides is 2. The molecule has 0 bridgehead atoms.